The molecule has 1 aliphatic rings. The highest BCUT2D eigenvalue weighted by Gasteiger charge is 2.65. The van der Waals surface area contributed by atoms with E-state index in [0.29, 0.717) is 6.42 Å². The van der Waals surface area contributed by atoms with Gasteiger partial charge in [-0.1, -0.05) is 20.2 Å². The fourth-order valence-corrected chi connectivity index (χ4v) is 7.46. The molecule has 1 fully saturated rings. The van der Waals surface area contributed by atoms with Crippen LogP contribution in [-0.4, -0.2) is 26.7 Å². The van der Waals surface area contributed by atoms with Gasteiger partial charge >= 0.3 is 15.6 Å². The lowest BCUT2D eigenvalue weighted by Crippen LogP contribution is -1.89. The molecule has 3 N–H and O–H groups in total. The van der Waals surface area contributed by atoms with Crippen molar-refractivity contribution in [3.63, 3.8) is 0 Å². The van der Waals surface area contributed by atoms with Gasteiger partial charge in [0.15, 0.2) is 7.25 Å². The summed E-state index contributed by atoms with van der Waals surface area (Å²) < 4.78 is 41.3. The highest BCUT2D eigenvalue weighted by Crippen LogP contribution is 2.80. The maximum atomic E-state index is 11.8. The van der Waals surface area contributed by atoms with Crippen molar-refractivity contribution >= 4 is 29.3 Å². The molecule has 0 bridgehead atoms. The summed E-state index contributed by atoms with van der Waals surface area (Å²) in [4.78, 5) is 25.7. The molecule has 12 heteroatoms. The Hall–Kier alpha value is 0.555. The Morgan fingerprint density at radius 2 is 1.88 bits per heavy atom. The molecule has 94 valence electrons. The third kappa shape index (κ3) is 3.28. The van der Waals surface area contributed by atoms with Gasteiger partial charge in [0.05, 0.1) is 0 Å². The van der Waals surface area contributed by atoms with E-state index in [1.54, 1.807) is 13.7 Å². The monoisotopic (exact) mass is 292 g/mol. The van der Waals surface area contributed by atoms with E-state index in [0.717, 1.165) is 0 Å². The molecule has 1 heterocycles. The SMILES string of the molecule is CCC1B(C)P1(=O)OP(=O)(O)OP(=O)(O)O. The van der Waals surface area contributed by atoms with Crippen molar-refractivity contribution in [2.75, 3.05) is 0 Å². The van der Waals surface area contributed by atoms with Gasteiger partial charge in [0.2, 0.25) is 0 Å². The predicted octanol–water partition coefficient (Wildman–Crippen LogP) is 1.44. The van der Waals surface area contributed by atoms with E-state index in [1.807, 2.05) is 0 Å². The maximum absolute atomic E-state index is 11.8. The van der Waals surface area contributed by atoms with Crippen LogP contribution in [-0.2, 0) is 22.3 Å². The highest BCUT2D eigenvalue weighted by atomic mass is 31.3. The summed E-state index contributed by atoms with van der Waals surface area (Å²) in [6, 6.07) is 0. The summed E-state index contributed by atoms with van der Waals surface area (Å²) >= 11 is 0. The Bertz CT molecular complexity index is 416. The van der Waals surface area contributed by atoms with Gasteiger partial charge in [-0.3, -0.25) is 0 Å². The summed E-state index contributed by atoms with van der Waals surface area (Å²) in [5.41, 5.74) is -0.353. The zero-order chi connectivity index (χ0) is 12.8. The first-order valence-corrected chi connectivity index (χ1v) is 9.21. The molecule has 0 aromatic heterocycles. The van der Waals surface area contributed by atoms with Gasteiger partial charge in [-0.05, 0) is 0 Å². The second-order valence-electron chi connectivity index (χ2n) is 3.48. The molecule has 0 spiro atoms. The minimum absolute atomic E-state index is 0.353. The molecule has 1 rings (SSSR count). The molecule has 8 nitrogen and oxygen atoms in total. The summed E-state index contributed by atoms with van der Waals surface area (Å²) in [7, 11) is -13.4. The van der Waals surface area contributed by atoms with Crippen molar-refractivity contribution in [2.24, 2.45) is 0 Å². The van der Waals surface area contributed by atoms with Crippen molar-refractivity contribution in [1.29, 1.82) is 0 Å². The quantitative estimate of drug-likeness (QED) is 0.512. The van der Waals surface area contributed by atoms with Crippen LogP contribution < -0.4 is 0 Å². The summed E-state index contributed by atoms with van der Waals surface area (Å²) in [6.45, 7) is 3.31. The van der Waals surface area contributed by atoms with Crippen molar-refractivity contribution in [3.8, 4) is 0 Å². The van der Waals surface area contributed by atoms with Crippen molar-refractivity contribution < 1.29 is 37.0 Å². The third-order valence-electron chi connectivity index (χ3n) is 2.36. The van der Waals surface area contributed by atoms with Gasteiger partial charge < -0.3 is 19.2 Å². The lowest BCUT2D eigenvalue weighted by atomic mass is 9.77. The zero-order valence-electron chi connectivity index (χ0n) is 8.59. The molecule has 16 heavy (non-hydrogen) atoms. The third-order valence-corrected chi connectivity index (χ3v) is 8.77. The molecule has 0 aromatic rings. The fraction of sp³-hybridized carbons (Fsp3) is 1.00. The lowest BCUT2D eigenvalue weighted by Gasteiger charge is -2.12. The van der Waals surface area contributed by atoms with Gasteiger partial charge in [0, 0.05) is 5.56 Å². The van der Waals surface area contributed by atoms with Crippen molar-refractivity contribution in [2.45, 2.75) is 25.7 Å². The van der Waals surface area contributed by atoms with E-state index in [-0.39, 0.29) is 5.56 Å². The molecule has 0 aliphatic carbocycles. The molecule has 0 radical (unpaired) electrons. The normalized spacial score (nSPS) is 33.6. The average molecular weight is 292 g/mol. The van der Waals surface area contributed by atoms with Crippen LogP contribution in [0.3, 0.4) is 0 Å². The Balaban J connectivity index is 2.72. The van der Waals surface area contributed by atoms with Crippen LogP contribution in [0.4, 0.5) is 0 Å². The Kier molecular flexibility index (Phi) is 3.96. The van der Waals surface area contributed by atoms with E-state index in [1.165, 1.54) is 0 Å². The second kappa shape index (κ2) is 4.34. The van der Waals surface area contributed by atoms with Gasteiger partial charge in [-0.2, -0.15) is 4.31 Å². The fourth-order valence-electron chi connectivity index (χ4n) is 1.56. The Morgan fingerprint density at radius 3 is 2.19 bits per heavy atom. The number of hydrogen-bond acceptors (Lipinski definition) is 5. The van der Waals surface area contributed by atoms with Gasteiger partial charge in [-0.25, -0.2) is 13.4 Å². The van der Waals surface area contributed by atoms with Crippen LogP contribution in [0.5, 0.6) is 0 Å². The zero-order valence-corrected chi connectivity index (χ0v) is 11.3. The highest BCUT2D eigenvalue weighted by molar-refractivity contribution is 8.09. The number of phosphoric acid groups is 2. The molecular formula is C4H12BO8P3. The Labute approximate surface area is 92.7 Å². The molecule has 0 aromatic carbocycles. The van der Waals surface area contributed by atoms with E-state index in [4.69, 9.17) is 14.7 Å². The van der Waals surface area contributed by atoms with Crippen LogP contribution in [0.2, 0.25) is 6.82 Å². The molecular weight excluding hydrogens is 280 g/mol. The maximum Gasteiger partial charge on any atom is 0.486 e. The minimum atomic E-state index is -5.15. The second-order valence-corrected chi connectivity index (χ2v) is 9.48. The number of rotatable bonds is 5. The summed E-state index contributed by atoms with van der Waals surface area (Å²) in [5.74, 6) is 0. The van der Waals surface area contributed by atoms with E-state index < -0.39 is 29.3 Å². The van der Waals surface area contributed by atoms with Crippen LogP contribution >= 0.6 is 22.9 Å². The van der Waals surface area contributed by atoms with E-state index in [2.05, 4.69) is 8.62 Å². The largest absolute Gasteiger partial charge is 0.486 e. The summed E-state index contributed by atoms with van der Waals surface area (Å²) in [5, 5.41) is 0. The van der Waals surface area contributed by atoms with Crippen LogP contribution in [0.15, 0.2) is 0 Å². The lowest BCUT2D eigenvalue weighted by molar-refractivity contribution is 0.232. The molecule has 3 unspecified atom stereocenters. The molecule has 3 atom stereocenters. The van der Waals surface area contributed by atoms with Gasteiger partial charge in [0.1, 0.15) is 0 Å². The van der Waals surface area contributed by atoms with Crippen LogP contribution in [0.25, 0.3) is 0 Å². The van der Waals surface area contributed by atoms with Crippen molar-refractivity contribution in [1.82, 2.24) is 0 Å². The number of hydrogen-bond donors (Lipinski definition) is 3. The predicted molar refractivity (Wildman–Crippen MR) is 57.3 cm³/mol. The topological polar surface area (TPSA) is 130 Å². The van der Waals surface area contributed by atoms with E-state index >= 15 is 0 Å². The molecule has 1 aliphatic heterocycles. The average Bonchev–Trinajstić information content (AvgIpc) is 2.45. The molecule has 1 saturated heterocycles. The first-order chi connectivity index (χ1) is 7.02. The molecule has 0 saturated carbocycles. The Morgan fingerprint density at radius 1 is 1.38 bits per heavy atom. The standard InChI is InChI=1S/C4H12BO8P3/c1-3-4-5(2)14(4,6)12-16(10,11)13-15(7,8)9/h4H,3H2,1-2H3,(H,10,11)(H2,7,8,9). The summed E-state index contributed by atoms with van der Waals surface area (Å²) in [6.07, 6.45) is 0.104. The van der Waals surface area contributed by atoms with Gasteiger partial charge in [-0.15, -0.1) is 0 Å². The minimum Gasteiger partial charge on any atom is -0.304 e. The van der Waals surface area contributed by atoms with Crippen LogP contribution in [0, 0.1) is 0 Å². The smallest absolute Gasteiger partial charge is 0.304 e. The first-order valence-electron chi connectivity index (χ1n) is 4.42. The van der Waals surface area contributed by atoms with E-state index in [9.17, 15) is 13.7 Å². The van der Waals surface area contributed by atoms with Gasteiger partial charge in [0.25, 0.3) is 6.43 Å². The first kappa shape index (κ1) is 14.6. The van der Waals surface area contributed by atoms with Crippen molar-refractivity contribution in [3.05, 3.63) is 0 Å². The molecule has 0 amide bonds. The van der Waals surface area contributed by atoms with Crippen LogP contribution in [0.1, 0.15) is 13.3 Å².